The molecule has 150 valence electrons. The second-order valence-electron chi connectivity index (χ2n) is 6.06. The number of fused-ring (bicyclic) bond motifs is 1. The second kappa shape index (κ2) is 8.92. The number of Topliss-reactive ketones (excluding diaryl/α,β-unsaturated/α-hetero) is 1. The summed E-state index contributed by atoms with van der Waals surface area (Å²) < 4.78 is 20.6. The van der Waals surface area contributed by atoms with Gasteiger partial charge in [0.1, 0.15) is 17.2 Å². The molecule has 1 aliphatic heterocycles. The number of hydrogen-bond donors (Lipinski definition) is 1. The summed E-state index contributed by atoms with van der Waals surface area (Å²) in [6, 6.07) is 9.77. The maximum atomic E-state index is 12.3. The zero-order valence-corrected chi connectivity index (χ0v) is 15.9. The van der Waals surface area contributed by atoms with E-state index in [2.05, 4.69) is 5.32 Å². The molecule has 0 aliphatic carbocycles. The number of esters is 1. The highest BCUT2D eigenvalue weighted by Gasteiger charge is 2.18. The average molecular weight is 397 g/mol. The van der Waals surface area contributed by atoms with E-state index in [0.717, 1.165) is 0 Å². The van der Waals surface area contributed by atoms with Gasteiger partial charge in [0.25, 0.3) is 5.91 Å². The number of ketones is 1. The highest BCUT2D eigenvalue weighted by atomic mass is 16.5. The molecule has 1 heterocycles. The molecule has 0 atom stereocenters. The molecule has 0 radical (unpaired) electrons. The Labute approximate surface area is 167 Å². The van der Waals surface area contributed by atoms with Crippen LogP contribution in [0.1, 0.15) is 15.9 Å². The summed E-state index contributed by atoms with van der Waals surface area (Å²) in [4.78, 5) is 35.6. The van der Waals surface area contributed by atoms with Gasteiger partial charge < -0.3 is 24.3 Å². The topological polar surface area (TPSA) is 100 Å². The Kier molecular flexibility index (Phi) is 6.13. The predicted molar refractivity (Wildman–Crippen MR) is 104 cm³/mol. The first-order valence-corrected chi connectivity index (χ1v) is 8.66. The fourth-order valence-electron chi connectivity index (χ4n) is 2.61. The minimum Gasteiger partial charge on any atom is -0.497 e. The molecule has 0 spiro atoms. The molecule has 3 rings (SSSR count). The summed E-state index contributed by atoms with van der Waals surface area (Å²) in [5.41, 5.74) is 1.38. The lowest BCUT2D eigenvalue weighted by Crippen LogP contribution is -2.25. The van der Waals surface area contributed by atoms with Crippen molar-refractivity contribution in [2.45, 2.75) is 0 Å². The molecule has 0 saturated heterocycles. The molecule has 2 aromatic rings. The Balaban J connectivity index is 1.59. The van der Waals surface area contributed by atoms with Crippen LogP contribution in [0, 0.1) is 0 Å². The van der Waals surface area contributed by atoms with E-state index in [1.165, 1.54) is 32.4 Å². The van der Waals surface area contributed by atoms with Crippen molar-refractivity contribution in [1.82, 2.24) is 0 Å². The maximum absolute atomic E-state index is 12.3. The SMILES string of the molecule is COc1cc(/C=C/C(=O)OCC(=O)c2ccc3c(c2)NC(=O)CO3)cc(OC)c1. The van der Waals surface area contributed by atoms with Gasteiger partial charge in [-0.2, -0.15) is 0 Å². The number of anilines is 1. The van der Waals surface area contributed by atoms with Gasteiger partial charge in [0, 0.05) is 17.7 Å². The van der Waals surface area contributed by atoms with E-state index in [9.17, 15) is 14.4 Å². The molecule has 29 heavy (non-hydrogen) atoms. The second-order valence-corrected chi connectivity index (χ2v) is 6.06. The summed E-state index contributed by atoms with van der Waals surface area (Å²) in [7, 11) is 3.06. The number of carbonyl (C=O) groups is 3. The molecule has 0 unspecified atom stereocenters. The van der Waals surface area contributed by atoms with E-state index in [1.807, 2.05) is 0 Å². The Morgan fingerprint density at radius 3 is 2.52 bits per heavy atom. The number of carbonyl (C=O) groups excluding carboxylic acids is 3. The van der Waals surface area contributed by atoms with Gasteiger partial charge in [0.15, 0.2) is 19.0 Å². The third-order valence-electron chi connectivity index (χ3n) is 4.07. The lowest BCUT2D eigenvalue weighted by Gasteiger charge is -2.18. The first-order chi connectivity index (χ1) is 14.0. The largest absolute Gasteiger partial charge is 0.497 e. The van der Waals surface area contributed by atoms with Gasteiger partial charge in [-0.3, -0.25) is 9.59 Å². The van der Waals surface area contributed by atoms with Crippen molar-refractivity contribution in [2.75, 3.05) is 32.8 Å². The van der Waals surface area contributed by atoms with Gasteiger partial charge in [0.05, 0.1) is 19.9 Å². The van der Waals surface area contributed by atoms with Gasteiger partial charge in [-0.1, -0.05) is 0 Å². The van der Waals surface area contributed by atoms with Gasteiger partial charge in [-0.15, -0.1) is 0 Å². The molecule has 8 nitrogen and oxygen atoms in total. The van der Waals surface area contributed by atoms with Crippen molar-refractivity contribution in [3.8, 4) is 17.2 Å². The molecule has 0 aromatic heterocycles. The maximum Gasteiger partial charge on any atom is 0.331 e. The number of hydrogen-bond acceptors (Lipinski definition) is 7. The van der Waals surface area contributed by atoms with Crippen molar-refractivity contribution < 1.29 is 33.3 Å². The summed E-state index contributed by atoms with van der Waals surface area (Å²) in [6.07, 6.45) is 2.74. The van der Waals surface area contributed by atoms with Gasteiger partial charge in [0.2, 0.25) is 0 Å². The first-order valence-electron chi connectivity index (χ1n) is 8.66. The Bertz CT molecular complexity index is 959. The summed E-state index contributed by atoms with van der Waals surface area (Å²) in [6.45, 7) is -0.498. The molecule has 1 amide bonds. The first kappa shape index (κ1) is 19.9. The van der Waals surface area contributed by atoms with Crippen molar-refractivity contribution in [3.63, 3.8) is 0 Å². The van der Waals surface area contributed by atoms with Crippen LogP contribution in [0.2, 0.25) is 0 Å². The number of rotatable bonds is 7. The lowest BCUT2D eigenvalue weighted by molar-refractivity contribution is -0.136. The smallest absolute Gasteiger partial charge is 0.331 e. The molecule has 2 aromatic carbocycles. The van der Waals surface area contributed by atoms with E-state index in [1.54, 1.807) is 30.3 Å². The van der Waals surface area contributed by atoms with Crippen LogP contribution in [-0.2, 0) is 14.3 Å². The number of amides is 1. The zero-order chi connectivity index (χ0) is 20.8. The zero-order valence-electron chi connectivity index (χ0n) is 15.9. The van der Waals surface area contributed by atoms with E-state index in [-0.39, 0.29) is 12.5 Å². The van der Waals surface area contributed by atoms with Crippen molar-refractivity contribution >= 4 is 29.4 Å². The van der Waals surface area contributed by atoms with Crippen LogP contribution < -0.4 is 19.5 Å². The van der Waals surface area contributed by atoms with Gasteiger partial charge >= 0.3 is 5.97 Å². The molecule has 0 bridgehead atoms. The highest BCUT2D eigenvalue weighted by Crippen LogP contribution is 2.28. The van der Waals surface area contributed by atoms with Crippen LogP contribution >= 0.6 is 0 Å². The third-order valence-corrected chi connectivity index (χ3v) is 4.07. The van der Waals surface area contributed by atoms with Crippen LogP contribution in [-0.4, -0.2) is 45.1 Å². The Hall–Kier alpha value is -3.81. The average Bonchev–Trinajstić information content (AvgIpc) is 2.75. The van der Waals surface area contributed by atoms with E-state index >= 15 is 0 Å². The van der Waals surface area contributed by atoms with Crippen LogP contribution in [0.15, 0.2) is 42.5 Å². The Morgan fingerprint density at radius 2 is 1.83 bits per heavy atom. The van der Waals surface area contributed by atoms with Gasteiger partial charge in [-0.25, -0.2) is 4.79 Å². The molecular formula is C21H19NO7. The van der Waals surface area contributed by atoms with Gasteiger partial charge in [-0.05, 0) is 42.0 Å². The van der Waals surface area contributed by atoms with Crippen molar-refractivity contribution in [2.24, 2.45) is 0 Å². The normalized spacial score (nSPS) is 12.6. The number of methoxy groups -OCH3 is 2. The standard InChI is InChI=1S/C21H19NO7/c1-26-15-7-13(8-16(10-15)27-2)3-6-21(25)29-11-18(23)14-4-5-19-17(9-14)22-20(24)12-28-19/h3-10H,11-12H2,1-2H3,(H,22,24)/b6-3+. The highest BCUT2D eigenvalue weighted by molar-refractivity contribution is 6.02. The lowest BCUT2D eigenvalue weighted by atomic mass is 10.1. The summed E-state index contributed by atoms with van der Waals surface area (Å²) >= 11 is 0. The number of ether oxygens (including phenoxy) is 4. The van der Waals surface area contributed by atoms with Crippen LogP contribution in [0.3, 0.4) is 0 Å². The van der Waals surface area contributed by atoms with E-state index in [4.69, 9.17) is 18.9 Å². The number of nitrogens with one attached hydrogen (secondary N) is 1. The van der Waals surface area contributed by atoms with Crippen molar-refractivity contribution in [3.05, 3.63) is 53.6 Å². The van der Waals surface area contributed by atoms with E-state index < -0.39 is 18.4 Å². The predicted octanol–water partition coefficient (Wildman–Crippen LogP) is 2.47. The van der Waals surface area contributed by atoms with Crippen molar-refractivity contribution in [1.29, 1.82) is 0 Å². The van der Waals surface area contributed by atoms with Crippen LogP contribution in [0.4, 0.5) is 5.69 Å². The molecule has 1 aliphatic rings. The number of benzene rings is 2. The monoisotopic (exact) mass is 397 g/mol. The van der Waals surface area contributed by atoms with Crippen LogP contribution in [0.5, 0.6) is 17.2 Å². The quantitative estimate of drug-likeness (QED) is 0.435. The molecule has 0 fully saturated rings. The minimum absolute atomic E-state index is 0.0661. The summed E-state index contributed by atoms with van der Waals surface area (Å²) in [5.74, 6) is 0.266. The minimum atomic E-state index is -0.672. The molecule has 8 heteroatoms. The fourth-order valence-corrected chi connectivity index (χ4v) is 2.61. The fraction of sp³-hybridized carbons (Fsp3) is 0.190. The third kappa shape index (κ3) is 5.13. The van der Waals surface area contributed by atoms with Crippen LogP contribution in [0.25, 0.3) is 6.08 Å². The Morgan fingerprint density at radius 1 is 1.10 bits per heavy atom. The molecular weight excluding hydrogens is 378 g/mol. The van der Waals surface area contributed by atoms with E-state index in [0.29, 0.717) is 34.1 Å². The molecule has 0 saturated carbocycles. The molecule has 1 N–H and O–H groups in total. The summed E-state index contributed by atoms with van der Waals surface area (Å²) in [5, 5.41) is 2.62.